The second-order valence-electron chi connectivity index (χ2n) is 4.73. The molecule has 6 nitrogen and oxygen atoms in total. The first-order valence-electron chi connectivity index (χ1n) is 7.07. The number of nitrogens with zero attached hydrogens (tertiary/aromatic N) is 2. The van der Waals surface area contributed by atoms with Gasteiger partial charge in [0, 0.05) is 32.3 Å². The molecule has 1 aliphatic rings. The number of hydrogen-bond donors (Lipinski definition) is 0. The van der Waals surface area contributed by atoms with Gasteiger partial charge in [0.2, 0.25) is 5.91 Å². The van der Waals surface area contributed by atoms with E-state index in [1.54, 1.807) is 29.2 Å². The summed E-state index contributed by atoms with van der Waals surface area (Å²) in [7, 11) is 0. The average Bonchev–Trinajstić information content (AvgIpc) is 3.05. The Bertz CT molecular complexity index is 560. The quantitative estimate of drug-likeness (QED) is 0.473. The number of esters is 1. The second-order valence-corrected chi connectivity index (χ2v) is 5.51. The number of ether oxygens (including phenoxy) is 1. The number of hydrogen-bond acceptors (Lipinski definition) is 5. The molecular weight excluding hydrogens is 304 g/mol. The first-order chi connectivity index (χ1) is 10.6. The largest absolute Gasteiger partial charge is 0.459 e. The lowest BCUT2D eigenvalue weighted by Crippen LogP contribution is -2.52. The van der Waals surface area contributed by atoms with E-state index < -0.39 is 11.9 Å². The van der Waals surface area contributed by atoms with Crippen molar-refractivity contribution < 1.29 is 19.1 Å². The molecule has 7 heteroatoms. The minimum atomic E-state index is -0.834. The van der Waals surface area contributed by atoms with Crippen molar-refractivity contribution in [3.63, 3.8) is 0 Å². The summed E-state index contributed by atoms with van der Waals surface area (Å²) in [6, 6.07) is 1.93. The van der Waals surface area contributed by atoms with Gasteiger partial charge in [0.25, 0.3) is 0 Å². The van der Waals surface area contributed by atoms with Crippen molar-refractivity contribution in [1.29, 1.82) is 0 Å². The topological polar surface area (TPSA) is 66.9 Å². The number of amides is 2. The molecule has 1 aromatic rings. The van der Waals surface area contributed by atoms with Crippen molar-refractivity contribution in [2.75, 3.05) is 32.8 Å². The maximum atomic E-state index is 12.1. The molecule has 22 heavy (non-hydrogen) atoms. The van der Waals surface area contributed by atoms with Gasteiger partial charge in [0.15, 0.2) is 0 Å². The Morgan fingerprint density at radius 3 is 2.50 bits per heavy atom. The van der Waals surface area contributed by atoms with Gasteiger partial charge in [0.05, 0.1) is 6.61 Å². The number of piperazine rings is 1. The Labute approximate surface area is 133 Å². The van der Waals surface area contributed by atoms with Gasteiger partial charge >= 0.3 is 11.9 Å². The Morgan fingerprint density at radius 1 is 1.23 bits per heavy atom. The summed E-state index contributed by atoms with van der Waals surface area (Å²) in [4.78, 5) is 38.3. The fourth-order valence-electron chi connectivity index (χ4n) is 2.09. The van der Waals surface area contributed by atoms with Crippen LogP contribution in [0, 0.1) is 0 Å². The van der Waals surface area contributed by atoms with Crippen LogP contribution in [-0.4, -0.2) is 60.4 Å². The van der Waals surface area contributed by atoms with Gasteiger partial charge in [-0.25, -0.2) is 4.79 Å². The lowest BCUT2D eigenvalue weighted by Gasteiger charge is -2.33. The van der Waals surface area contributed by atoms with E-state index in [0.29, 0.717) is 26.2 Å². The Kier molecular flexibility index (Phi) is 5.71. The first kappa shape index (κ1) is 16.2. The predicted octanol–water partition coefficient (Wildman–Crippen LogP) is 0.995. The number of carbonyl (C=O) groups excluding carboxylic acids is 3. The van der Waals surface area contributed by atoms with E-state index in [9.17, 15) is 14.4 Å². The molecule has 0 aliphatic carbocycles. The fourth-order valence-corrected chi connectivity index (χ4v) is 2.72. The molecule has 118 valence electrons. The molecule has 2 rings (SSSR count). The highest BCUT2D eigenvalue weighted by molar-refractivity contribution is 7.08. The standard InChI is InChI=1S/C15H18N2O4S/c1-2-21-15(20)14(19)17-8-6-16(7-9-17)13(18)4-3-12-5-10-22-11-12/h3-5,10-11H,2,6-9H2,1H3/b4-3-. The van der Waals surface area contributed by atoms with Crippen molar-refractivity contribution in [3.8, 4) is 0 Å². The monoisotopic (exact) mass is 322 g/mol. The molecule has 0 unspecified atom stereocenters. The minimum absolute atomic E-state index is 0.0885. The first-order valence-corrected chi connectivity index (χ1v) is 8.01. The smallest absolute Gasteiger partial charge is 0.397 e. The number of thiophene rings is 1. The fraction of sp³-hybridized carbons (Fsp3) is 0.400. The molecule has 0 aromatic carbocycles. The molecule has 0 radical (unpaired) electrons. The summed E-state index contributed by atoms with van der Waals surface area (Å²) in [6.07, 6.45) is 3.31. The van der Waals surface area contributed by atoms with Gasteiger partial charge in [-0.05, 0) is 35.4 Å². The zero-order valence-electron chi connectivity index (χ0n) is 12.4. The third-order valence-electron chi connectivity index (χ3n) is 3.29. The highest BCUT2D eigenvalue weighted by Crippen LogP contribution is 2.09. The molecule has 1 aliphatic heterocycles. The molecule has 0 atom stereocenters. The van der Waals surface area contributed by atoms with Crippen LogP contribution < -0.4 is 0 Å². The van der Waals surface area contributed by atoms with E-state index in [4.69, 9.17) is 4.74 Å². The maximum Gasteiger partial charge on any atom is 0.397 e. The molecule has 0 N–H and O–H groups in total. The van der Waals surface area contributed by atoms with Crippen molar-refractivity contribution in [2.45, 2.75) is 6.92 Å². The van der Waals surface area contributed by atoms with Gasteiger partial charge in [-0.2, -0.15) is 11.3 Å². The number of rotatable bonds is 3. The molecule has 1 fully saturated rings. The van der Waals surface area contributed by atoms with E-state index in [1.165, 1.54) is 11.0 Å². The highest BCUT2D eigenvalue weighted by Gasteiger charge is 2.27. The third-order valence-corrected chi connectivity index (χ3v) is 3.99. The van der Waals surface area contributed by atoms with E-state index in [0.717, 1.165) is 5.56 Å². The van der Waals surface area contributed by atoms with E-state index in [-0.39, 0.29) is 12.5 Å². The normalized spacial score (nSPS) is 15.1. The third kappa shape index (κ3) is 4.17. The van der Waals surface area contributed by atoms with Crippen LogP contribution in [0.2, 0.25) is 0 Å². The average molecular weight is 322 g/mol. The van der Waals surface area contributed by atoms with E-state index >= 15 is 0 Å². The molecule has 2 heterocycles. The summed E-state index contributed by atoms with van der Waals surface area (Å²) in [5.74, 6) is -1.56. The molecule has 1 saturated heterocycles. The molecule has 1 aromatic heterocycles. The maximum absolute atomic E-state index is 12.1. The molecule has 0 saturated carbocycles. The summed E-state index contributed by atoms with van der Waals surface area (Å²) in [6.45, 7) is 3.35. The Hall–Kier alpha value is -2.15. The second kappa shape index (κ2) is 7.74. The Morgan fingerprint density at radius 2 is 1.91 bits per heavy atom. The zero-order chi connectivity index (χ0) is 15.9. The van der Waals surface area contributed by atoms with Crippen molar-refractivity contribution in [3.05, 3.63) is 28.5 Å². The van der Waals surface area contributed by atoms with Crippen molar-refractivity contribution >= 4 is 35.2 Å². The summed E-state index contributed by atoms with van der Waals surface area (Å²) < 4.78 is 4.69. The molecule has 0 bridgehead atoms. The van der Waals surface area contributed by atoms with Crippen LogP contribution in [0.5, 0.6) is 0 Å². The zero-order valence-corrected chi connectivity index (χ0v) is 13.2. The van der Waals surface area contributed by atoms with Crippen LogP contribution >= 0.6 is 11.3 Å². The van der Waals surface area contributed by atoms with Crippen LogP contribution in [0.1, 0.15) is 12.5 Å². The minimum Gasteiger partial charge on any atom is -0.459 e. The van der Waals surface area contributed by atoms with Crippen LogP contribution in [0.15, 0.2) is 22.9 Å². The highest BCUT2D eigenvalue weighted by atomic mass is 32.1. The van der Waals surface area contributed by atoms with Gasteiger partial charge in [-0.3, -0.25) is 9.59 Å². The Balaban J connectivity index is 1.82. The lowest BCUT2D eigenvalue weighted by atomic mass is 10.2. The molecular formula is C15H18N2O4S. The van der Waals surface area contributed by atoms with Crippen LogP contribution in [0.4, 0.5) is 0 Å². The van der Waals surface area contributed by atoms with E-state index in [2.05, 4.69) is 0 Å². The van der Waals surface area contributed by atoms with Crippen LogP contribution in [0.25, 0.3) is 6.08 Å². The summed E-state index contributed by atoms with van der Waals surface area (Å²) >= 11 is 1.57. The van der Waals surface area contributed by atoms with Gasteiger partial charge < -0.3 is 14.5 Å². The molecule has 2 amide bonds. The van der Waals surface area contributed by atoms with Crippen molar-refractivity contribution in [1.82, 2.24) is 9.80 Å². The predicted molar refractivity (Wildman–Crippen MR) is 83.1 cm³/mol. The summed E-state index contributed by atoms with van der Waals surface area (Å²) in [5, 5.41) is 3.91. The number of carbonyl (C=O) groups is 3. The lowest BCUT2D eigenvalue weighted by molar-refractivity contribution is -0.161. The summed E-state index contributed by atoms with van der Waals surface area (Å²) in [5.41, 5.74) is 0.995. The van der Waals surface area contributed by atoms with Gasteiger partial charge in [-0.15, -0.1) is 0 Å². The SMILES string of the molecule is CCOC(=O)C(=O)N1CCN(C(=O)/C=C\c2ccsc2)CC1. The molecule has 0 spiro atoms. The van der Waals surface area contributed by atoms with Gasteiger partial charge in [0.1, 0.15) is 0 Å². The van der Waals surface area contributed by atoms with Crippen LogP contribution in [-0.2, 0) is 19.1 Å². The van der Waals surface area contributed by atoms with E-state index in [1.807, 2.05) is 16.8 Å². The van der Waals surface area contributed by atoms with Crippen LogP contribution in [0.3, 0.4) is 0 Å². The van der Waals surface area contributed by atoms with Gasteiger partial charge in [-0.1, -0.05) is 0 Å². The van der Waals surface area contributed by atoms with Crippen molar-refractivity contribution in [2.24, 2.45) is 0 Å².